The Morgan fingerprint density at radius 1 is 1.17 bits per heavy atom. The van der Waals surface area contributed by atoms with E-state index >= 15 is 0 Å². The van der Waals surface area contributed by atoms with E-state index in [0.717, 1.165) is 11.8 Å². The number of Topliss-reactive ketones (excluding diaryl/α,β-unsaturated/α-hetero) is 1. The van der Waals surface area contributed by atoms with Crippen molar-refractivity contribution < 1.29 is 14.3 Å². The van der Waals surface area contributed by atoms with Gasteiger partial charge < -0.3 is 9.64 Å². The molecule has 152 valence electrons. The van der Waals surface area contributed by atoms with Crippen molar-refractivity contribution in [2.45, 2.75) is 17.3 Å². The van der Waals surface area contributed by atoms with Crippen LogP contribution in [-0.2, 0) is 4.79 Å². The predicted octanol–water partition coefficient (Wildman–Crippen LogP) is 2.55. The molecule has 1 aliphatic heterocycles. The number of amides is 1. The molecule has 2 aromatic carbocycles. The Morgan fingerprint density at radius 3 is 2.67 bits per heavy atom. The summed E-state index contributed by atoms with van der Waals surface area (Å²) in [6, 6.07) is 14.0. The summed E-state index contributed by atoms with van der Waals surface area (Å²) in [5.41, 5.74) is 1.51. The number of carbonyl (C=O) groups excluding carboxylic acids is 2. The van der Waals surface area contributed by atoms with E-state index in [2.05, 4.69) is 15.2 Å². The Morgan fingerprint density at radius 2 is 1.93 bits per heavy atom. The standard InChI is InChI=1S/C21H18N4O4S/c1-12(19(27)14-8-9-16-15(10-14)25(2)17(26)11-29-16)30-21-22-20(28)18(23-24-21)13-6-4-3-5-7-13/h3-10,12H,11H2,1-2H3,(H,22,24,28). The molecule has 0 saturated heterocycles. The van der Waals surface area contributed by atoms with Gasteiger partial charge in [0.1, 0.15) is 5.75 Å². The molecule has 0 aliphatic carbocycles. The second-order valence-electron chi connectivity index (χ2n) is 6.72. The van der Waals surface area contributed by atoms with Crippen LogP contribution in [0.3, 0.4) is 0 Å². The number of H-pyrrole nitrogens is 1. The number of likely N-dealkylation sites (N-methyl/N-ethyl adjacent to an activating group) is 1. The van der Waals surface area contributed by atoms with Gasteiger partial charge in [-0.15, -0.1) is 10.2 Å². The van der Waals surface area contributed by atoms with Crippen molar-refractivity contribution in [3.63, 3.8) is 0 Å². The fraction of sp³-hybridized carbons (Fsp3) is 0.190. The summed E-state index contributed by atoms with van der Waals surface area (Å²) >= 11 is 1.11. The highest BCUT2D eigenvalue weighted by Gasteiger charge is 2.25. The minimum absolute atomic E-state index is 0.0198. The van der Waals surface area contributed by atoms with Crippen LogP contribution < -0.4 is 15.2 Å². The monoisotopic (exact) mass is 422 g/mol. The lowest BCUT2D eigenvalue weighted by atomic mass is 10.1. The Bertz CT molecular complexity index is 1180. The molecule has 3 aromatic rings. The maximum absolute atomic E-state index is 12.9. The number of hydrogen-bond donors (Lipinski definition) is 1. The number of anilines is 1. The Labute approximate surface area is 176 Å². The van der Waals surface area contributed by atoms with E-state index in [9.17, 15) is 14.4 Å². The molecule has 9 heteroatoms. The van der Waals surface area contributed by atoms with Crippen molar-refractivity contribution in [2.75, 3.05) is 18.6 Å². The van der Waals surface area contributed by atoms with E-state index in [1.807, 2.05) is 18.2 Å². The number of aromatic nitrogens is 3. The number of benzene rings is 2. The third-order valence-corrected chi connectivity index (χ3v) is 5.69. The van der Waals surface area contributed by atoms with Gasteiger partial charge in [0.15, 0.2) is 23.2 Å². The number of rotatable bonds is 5. The van der Waals surface area contributed by atoms with Crippen LogP contribution in [0.1, 0.15) is 17.3 Å². The van der Waals surface area contributed by atoms with Gasteiger partial charge in [-0.05, 0) is 25.1 Å². The minimum atomic E-state index is -0.527. The van der Waals surface area contributed by atoms with E-state index in [-0.39, 0.29) is 34.7 Å². The molecular weight excluding hydrogens is 404 g/mol. The number of carbonyl (C=O) groups is 2. The van der Waals surface area contributed by atoms with Gasteiger partial charge in [0, 0.05) is 18.2 Å². The highest BCUT2D eigenvalue weighted by molar-refractivity contribution is 8.00. The average Bonchev–Trinajstić information content (AvgIpc) is 2.76. The summed E-state index contributed by atoms with van der Waals surface area (Å²) in [5.74, 6) is 0.213. The molecule has 1 atom stereocenters. The van der Waals surface area contributed by atoms with Gasteiger partial charge in [-0.25, -0.2) is 0 Å². The van der Waals surface area contributed by atoms with E-state index in [1.54, 1.807) is 44.3 Å². The zero-order valence-corrected chi connectivity index (χ0v) is 17.1. The number of ketones is 1. The molecule has 0 radical (unpaired) electrons. The van der Waals surface area contributed by atoms with Crippen LogP contribution in [0.25, 0.3) is 11.3 Å². The summed E-state index contributed by atoms with van der Waals surface area (Å²) in [5, 5.41) is 7.81. The van der Waals surface area contributed by atoms with Gasteiger partial charge in [0.25, 0.3) is 11.5 Å². The minimum Gasteiger partial charge on any atom is -0.482 e. The third kappa shape index (κ3) is 3.84. The number of thioether (sulfide) groups is 1. The van der Waals surface area contributed by atoms with Crippen molar-refractivity contribution in [1.82, 2.24) is 15.2 Å². The molecule has 0 fully saturated rings. The van der Waals surface area contributed by atoms with Crippen LogP contribution in [0.15, 0.2) is 58.5 Å². The van der Waals surface area contributed by atoms with Gasteiger partial charge in [0.2, 0.25) is 0 Å². The molecule has 2 heterocycles. The van der Waals surface area contributed by atoms with Crippen molar-refractivity contribution in [3.8, 4) is 17.0 Å². The fourth-order valence-electron chi connectivity index (χ4n) is 3.04. The SMILES string of the molecule is CC(Sc1nnc(-c2ccccc2)c(=O)[nH]1)C(=O)c1ccc2c(c1)N(C)C(=O)CO2. The highest BCUT2D eigenvalue weighted by atomic mass is 32.2. The van der Waals surface area contributed by atoms with Crippen LogP contribution in [0.5, 0.6) is 5.75 Å². The van der Waals surface area contributed by atoms with E-state index in [0.29, 0.717) is 22.6 Å². The summed E-state index contributed by atoms with van der Waals surface area (Å²) in [4.78, 5) is 41.3. The quantitative estimate of drug-likeness (QED) is 0.498. The molecule has 1 aliphatic rings. The molecule has 0 spiro atoms. The first kappa shape index (κ1) is 19.8. The van der Waals surface area contributed by atoms with Crippen LogP contribution in [-0.4, -0.2) is 45.8 Å². The van der Waals surface area contributed by atoms with Crippen molar-refractivity contribution in [1.29, 1.82) is 0 Å². The van der Waals surface area contributed by atoms with E-state index in [1.165, 1.54) is 4.90 Å². The van der Waals surface area contributed by atoms with Gasteiger partial charge in [-0.3, -0.25) is 19.4 Å². The Kier molecular flexibility index (Phi) is 5.37. The first-order valence-corrected chi connectivity index (χ1v) is 10.1. The highest BCUT2D eigenvalue weighted by Crippen LogP contribution is 2.33. The molecule has 0 saturated carbocycles. The van der Waals surface area contributed by atoms with Crippen molar-refractivity contribution >= 4 is 29.1 Å². The molecule has 1 N–H and O–H groups in total. The van der Waals surface area contributed by atoms with Gasteiger partial charge >= 0.3 is 0 Å². The first-order valence-electron chi connectivity index (χ1n) is 9.20. The van der Waals surface area contributed by atoms with Crippen LogP contribution in [0.4, 0.5) is 5.69 Å². The zero-order valence-electron chi connectivity index (χ0n) is 16.3. The third-order valence-electron chi connectivity index (χ3n) is 4.71. The summed E-state index contributed by atoms with van der Waals surface area (Å²) in [7, 11) is 1.64. The summed E-state index contributed by atoms with van der Waals surface area (Å²) < 4.78 is 5.39. The number of nitrogens with zero attached hydrogens (tertiary/aromatic N) is 3. The fourth-order valence-corrected chi connectivity index (χ4v) is 3.86. The second-order valence-corrected chi connectivity index (χ2v) is 8.05. The molecule has 1 aromatic heterocycles. The average molecular weight is 422 g/mol. The number of ether oxygens (including phenoxy) is 1. The lowest BCUT2D eigenvalue weighted by molar-refractivity contribution is -0.120. The zero-order chi connectivity index (χ0) is 21.3. The molecule has 8 nitrogen and oxygen atoms in total. The smallest absolute Gasteiger partial charge is 0.278 e. The van der Waals surface area contributed by atoms with E-state index < -0.39 is 5.25 Å². The summed E-state index contributed by atoms with van der Waals surface area (Å²) in [6.07, 6.45) is 0. The normalized spacial score (nSPS) is 14.1. The largest absolute Gasteiger partial charge is 0.482 e. The van der Waals surface area contributed by atoms with Crippen LogP contribution in [0, 0.1) is 0 Å². The Balaban J connectivity index is 1.52. The molecule has 4 rings (SSSR count). The van der Waals surface area contributed by atoms with Crippen LogP contribution >= 0.6 is 11.8 Å². The maximum atomic E-state index is 12.9. The maximum Gasteiger partial charge on any atom is 0.278 e. The number of nitrogens with one attached hydrogen (secondary N) is 1. The lowest BCUT2D eigenvalue weighted by Gasteiger charge is -2.26. The topological polar surface area (TPSA) is 105 Å². The molecule has 0 bridgehead atoms. The van der Waals surface area contributed by atoms with E-state index in [4.69, 9.17) is 4.74 Å². The number of aromatic amines is 1. The van der Waals surface area contributed by atoms with Gasteiger partial charge in [0.05, 0.1) is 10.9 Å². The van der Waals surface area contributed by atoms with Gasteiger partial charge in [-0.2, -0.15) is 0 Å². The molecule has 1 unspecified atom stereocenters. The lowest BCUT2D eigenvalue weighted by Crippen LogP contribution is -2.35. The van der Waals surface area contributed by atoms with Gasteiger partial charge in [-0.1, -0.05) is 42.1 Å². The Hall–Kier alpha value is -3.46. The van der Waals surface area contributed by atoms with Crippen molar-refractivity contribution in [3.05, 3.63) is 64.4 Å². The molecule has 30 heavy (non-hydrogen) atoms. The number of fused-ring (bicyclic) bond motifs is 1. The summed E-state index contributed by atoms with van der Waals surface area (Å²) in [6.45, 7) is 1.71. The molecule has 1 amide bonds. The molecular formula is C21H18N4O4S. The van der Waals surface area contributed by atoms with Crippen LogP contribution in [0.2, 0.25) is 0 Å². The second kappa shape index (κ2) is 8.11. The predicted molar refractivity (Wildman–Crippen MR) is 113 cm³/mol. The first-order chi connectivity index (χ1) is 14.4. The van der Waals surface area contributed by atoms with Crippen molar-refractivity contribution in [2.24, 2.45) is 0 Å². The number of hydrogen-bond acceptors (Lipinski definition) is 7.